The highest BCUT2D eigenvalue weighted by molar-refractivity contribution is 5.99. The number of hydrogen-bond donors (Lipinski definition) is 0. The molecule has 0 saturated carbocycles. The highest BCUT2D eigenvalue weighted by Crippen LogP contribution is 2.41. The lowest BCUT2D eigenvalue weighted by atomic mass is 9.97. The van der Waals surface area contributed by atoms with Crippen molar-refractivity contribution in [3.8, 4) is 17.2 Å². The Kier molecular flexibility index (Phi) is 6.68. The highest BCUT2D eigenvalue weighted by Gasteiger charge is 2.43. The fourth-order valence-electron chi connectivity index (χ4n) is 4.64. The molecule has 4 aromatic rings. The van der Waals surface area contributed by atoms with Crippen molar-refractivity contribution in [1.29, 1.82) is 0 Å². The molecule has 3 aromatic carbocycles. The van der Waals surface area contributed by atoms with Crippen LogP contribution in [0.1, 0.15) is 40.2 Å². The molecule has 0 bridgehead atoms. The number of ether oxygens (including phenoxy) is 3. The summed E-state index contributed by atoms with van der Waals surface area (Å²) in [6.45, 7) is 6.60. The largest absolute Gasteiger partial charge is 0.497 e. The van der Waals surface area contributed by atoms with Crippen molar-refractivity contribution in [2.45, 2.75) is 19.5 Å². The maximum atomic E-state index is 13.7. The predicted octanol–water partition coefficient (Wildman–Crippen LogP) is 5.51. The van der Waals surface area contributed by atoms with Gasteiger partial charge in [-0.3, -0.25) is 9.59 Å². The second kappa shape index (κ2) is 10.2. The van der Waals surface area contributed by atoms with E-state index in [-0.39, 0.29) is 23.6 Å². The van der Waals surface area contributed by atoms with Gasteiger partial charge in [0.25, 0.3) is 5.91 Å². The van der Waals surface area contributed by atoms with Crippen LogP contribution in [0.4, 0.5) is 0 Å². The van der Waals surface area contributed by atoms with Gasteiger partial charge in [0.2, 0.25) is 5.76 Å². The monoisotopic (exact) mass is 497 g/mol. The minimum absolute atomic E-state index is 0.0622. The van der Waals surface area contributed by atoms with Gasteiger partial charge in [-0.15, -0.1) is 0 Å². The van der Waals surface area contributed by atoms with Crippen LogP contribution < -0.4 is 19.6 Å². The zero-order valence-electron chi connectivity index (χ0n) is 20.7. The topological polar surface area (TPSA) is 78.2 Å². The van der Waals surface area contributed by atoms with Crippen LogP contribution in [-0.2, 0) is 6.54 Å². The Balaban J connectivity index is 1.66. The van der Waals surface area contributed by atoms with E-state index in [1.165, 1.54) is 0 Å². The summed E-state index contributed by atoms with van der Waals surface area (Å²) < 4.78 is 22.9. The van der Waals surface area contributed by atoms with Crippen LogP contribution in [0.3, 0.4) is 0 Å². The Bertz CT molecular complexity index is 1520. The molecule has 5 rings (SSSR count). The van der Waals surface area contributed by atoms with E-state index in [0.717, 1.165) is 16.9 Å². The third kappa shape index (κ3) is 4.44. The lowest BCUT2D eigenvalue weighted by Crippen LogP contribution is -2.29. The summed E-state index contributed by atoms with van der Waals surface area (Å²) >= 11 is 0. The van der Waals surface area contributed by atoms with Crippen molar-refractivity contribution < 1.29 is 23.4 Å². The molecule has 1 aromatic heterocycles. The smallest absolute Gasteiger partial charge is 0.291 e. The molecule has 0 aliphatic carbocycles. The predicted molar refractivity (Wildman–Crippen MR) is 140 cm³/mol. The van der Waals surface area contributed by atoms with Crippen LogP contribution in [-0.4, -0.2) is 31.1 Å². The number of carbonyl (C=O) groups excluding carboxylic acids is 1. The zero-order chi connectivity index (χ0) is 25.9. The van der Waals surface area contributed by atoms with Crippen LogP contribution in [0.25, 0.3) is 11.0 Å². The van der Waals surface area contributed by atoms with Gasteiger partial charge in [0, 0.05) is 6.54 Å². The van der Waals surface area contributed by atoms with Crippen LogP contribution in [0.2, 0.25) is 0 Å². The van der Waals surface area contributed by atoms with Gasteiger partial charge in [-0.05, 0) is 54.4 Å². The van der Waals surface area contributed by atoms with Crippen molar-refractivity contribution in [2.75, 3.05) is 20.3 Å². The average Bonchev–Trinajstić information content (AvgIpc) is 3.20. The molecule has 188 valence electrons. The quantitative estimate of drug-likeness (QED) is 0.284. The van der Waals surface area contributed by atoms with E-state index in [4.69, 9.17) is 18.6 Å². The van der Waals surface area contributed by atoms with Crippen molar-refractivity contribution in [1.82, 2.24) is 4.90 Å². The number of methoxy groups -OCH3 is 1. The number of hydrogen-bond acceptors (Lipinski definition) is 6. The van der Waals surface area contributed by atoms with Gasteiger partial charge in [0.05, 0.1) is 30.7 Å². The number of rotatable bonds is 9. The van der Waals surface area contributed by atoms with Crippen molar-refractivity contribution >= 4 is 16.9 Å². The summed E-state index contributed by atoms with van der Waals surface area (Å²) in [7, 11) is 1.60. The molecule has 1 atom stereocenters. The van der Waals surface area contributed by atoms with Gasteiger partial charge in [0.1, 0.15) is 17.9 Å². The van der Waals surface area contributed by atoms with E-state index >= 15 is 0 Å². The lowest BCUT2D eigenvalue weighted by Gasteiger charge is -2.26. The molecule has 7 heteroatoms. The SMILES string of the molecule is C=CCOc1ccc(C2c3c(oc4ccccc4c3=O)C(=O)N2Cc2ccc(OC)cc2)cc1OCC. The Morgan fingerprint density at radius 2 is 1.78 bits per heavy atom. The summed E-state index contributed by atoms with van der Waals surface area (Å²) in [4.78, 5) is 29.1. The number of fused-ring (bicyclic) bond motifs is 2. The van der Waals surface area contributed by atoms with Crippen LogP contribution in [0.5, 0.6) is 17.2 Å². The number of nitrogens with zero attached hydrogens (tertiary/aromatic N) is 1. The Hall–Kier alpha value is -4.52. The molecular formula is C30H27NO6. The van der Waals surface area contributed by atoms with E-state index < -0.39 is 6.04 Å². The summed E-state index contributed by atoms with van der Waals surface area (Å²) in [6, 6.07) is 19.3. The molecule has 1 unspecified atom stereocenters. The maximum absolute atomic E-state index is 13.7. The number of amides is 1. The Labute approximate surface area is 214 Å². The summed E-state index contributed by atoms with van der Waals surface area (Å²) in [5.74, 6) is 1.52. The molecule has 0 spiro atoms. The molecule has 2 heterocycles. The molecule has 0 N–H and O–H groups in total. The average molecular weight is 498 g/mol. The van der Waals surface area contributed by atoms with Gasteiger partial charge in [-0.25, -0.2) is 0 Å². The first kappa shape index (κ1) is 24.2. The maximum Gasteiger partial charge on any atom is 0.291 e. The fourth-order valence-corrected chi connectivity index (χ4v) is 4.64. The molecule has 0 fully saturated rings. The Morgan fingerprint density at radius 3 is 2.51 bits per heavy atom. The second-order valence-corrected chi connectivity index (χ2v) is 8.59. The van der Waals surface area contributed by atoms with E-state index in [9.17, 15) is 9.59 Å². The molecule has 1 amide bonds. The minimum Gasteiger partial charge on any atom is -0.497 e. The molecule has 7 nitrogen and oxygen atoms in total. The van der Waals surface area contributed by atoms with Gasteiger partial charge in [-0.2, -0.15) is 0 Å². The summed E-state index contributed by atoms with van der Waals surface area (Å²) in [6.07, 6.45) is 1.66. The number of carbonyl (C=O) groups is 1. The molecule has 1 aliphatic rings. The lowest BCUT2D eigenvalue weighted by molar-refractivity contribution is 0.0714. The fraction of sp³-hybridized carbons (Fsp3) is 0.200. The molecule has 1 aliphatic heterocycles. The summed E-state index contributed by atoms with van der Waals surface area (Å²) in [5.41, 5.74) is 2.09. The van der Waals surface area contributed by atoms with Gasteiger partial charge in [-0.1, -0.05) is 43.0 Å². The van der Waals surface area contributed by atoms with Crippen molar-refractivity contribution in [3.05, 3.63) is 112 Å². The molecular weight excluding hydrogens is 470 g/mol. The first-order valence-electron chi connectivity index (χ1n) is 12.1. The van der Waals surface area contributed by atoms with E-state index in [0.29, 0.717) is 41.2 Å². The van der Waals surface area contributed by atoms with Gasteiger partial charge < -0.3 is 23.5 Å². The number of para-hydroxylation sites is 1. The first-order valence-corrected chi connectivity index (χ1v) is 12.1. The van der Waals surface area contributed by atoms with Gasteiger partial charge >= 0.3 is 0 Å². The molecule has 37 heavy (non-hydrogen) atoms. The second-order valence-electron chi connectivity index (χ2n) is 8.59. The van der Waals surface area contributed by atoms with Crippen LogP contribution >= 0.6 is 0 Å². The van der Waals surface area contributed by atoms with E-state index in [1.807, 2.05) is 43.3 Å². The highest BCUT2D eigenvalue weighted by atomic mass is 16.5. The first-order chi connectivity index (χ1) is 18.0. The third-order valence-electron chi connectivity index (χ3n) is 6.33. The standard InChI is InChI=1S/C30H27NO6/c1-4-16-36-24-15-12-20(17-25(24)35-5-2)27-26-28(32)22-8-6-7-9-23(22)37-29(26)30(33)31(27)18-19-10-13-21(34-3)14-11-19/h4,6-15,17,27H,1,5,16,18H2,2-3H3. The zero-order valence-corrected chi connectivity index (χ0v) is 20.7. The van der Waals surface area contributed by atoms with Gasteiger partial charge in [0.15, 0.2) is 16.9 Å². The third-order valence-corrected chi connectivity index (χ3v) is 6.33. The van der Waals surface area contributed by atoms with Crippen LogP contribution in [0.15, 0.2) is 88.6 Å². The van der Waals surface area contributed by atoms with E-state index in [2.05, 4.69) is 6.58 Å². The van der Waals surface area contributed by atoms with Crippen molar-refractivity contribution in [2.24, 2.45) is 0 Å². The summed E-state index contributed by atoms with van der Waals surface area (Å²) in [5, 5.41) is 0.432. The molecule has 0 radical (unpaired) electrons. The minimum atomic E-state index is -0.668. The number of benzene rings is 3. The van der Waals surface area contributed by atoms with Crippen LogP contribution in [0, 0.1) is 0 Å². The molecule has 0 saturated heterocycles. The normalized spacial score (nSPS) is 14.5. The Morgan fingerprint density at radius 1 is 1.00 bits per heavy atom. The van der Waals surface area contributed by atoms with Crippen molar-refractivity contribution in [3.63, 3.8) is 0 Å². The van der Waals surface area contributed by atoms with E-state index in [1.54, 1.807) is 48.4 Å².